The number of imidazole rings is 1. The summed E-state index contributed by atoms with van der Waals surface area (Å²) in [6, 6.07) is 5.13. The van der Waals surface area contributed by atoms with Crippen molar-refractivity contribution in [2.24, 2.45) is 0 Å². The molecule has 1 aliphatic rings. The second-order valence-electron chi connectivity index (χ2n) is 5.51. The highest BCUT2D eigenvalue weighted by atomic mass is 16.2. The first kappa shape index (κ1) is 14.4. The molecule has 3 N–H and O–H groups in total. The molecule has 0 unspecified atom stereocenters. The maximum atomic E-state index is 12.1. The Morgan fingerprint density at radius 2 is 1.95 bits per heavy atom. The van der Waals surface area contributed by atoms with Gasteiger partial charge in [-0.15, -0.1) is 0 Å². The number of H-pyrrole nitrogens is 2. The first-order valence-electron chi connectivity index (χ1n) is 7.41. The molecule has 1 aliphatic heterocycles. The van der Waals surface area contributed by atoms with Crippen LogP contribution in [0.3, 0.4) is 0 Å². The second-order valence-corrected chi connectivity index (χ2v) is 5.51. The summed E-state index contributed by atoms with van der Waals surface area (Å²) in [5.74, 6) is -0.189. The van der Waals surface area contributed by atoms with Gasteiger partial charge in [-0.05, 0) is 31.0 Å². The number of carbonyl (C=O) groups is 2. The highest BCUT2D eigenvalue weighted by Crippen LogP contribution is 2.15. The second kappa shape index (κ2) is 6.05. The van der Waals surface area contributed by atoms with Crippen molar-refractivity contribution in [3.05, 3.63) is 28.7 Å². The Hall–Kier alpha value is -2.57. The van der Waals surface area contributed by atoms with E-state index in [9.17, 15) is 14.4 Å². The average Bonchev–Trinajstić information content (AvgIpc) is 2.72. The summed E-state index contributed by atoms with van der Waals surface area (Å²) in [5, 5.41) is 2.76. The summed E-state index contributed by atoms with van der Waals surface area (Å²) in [6.45, 7) is 0.705. The fourth-order valence-corrected chi connectivity index (χ4v) is 2.69. The largest absolute Gasteiger partial charge is 0.333 e. The zero-order valence-electron chi connectivity index (χ0n) is 12.1. The molecule has 22 heavy (non-hydrogen) atoms. The highest BCUT2D eigenvalue weighted by molar-refractivity contribution is 5.96. The van der Waals surface area contributed by atoms with Crippen molar-refractivity contribution in [2.45, 2.75) is 25.7 Å². The van der Waals surface area contributed by atoms with Crippen molar-refractivity contribution < 1.29 is 9.59 Å². The Bertz CT molecular complexity index is 761. The molecule has 0 atom stereocenters. The molecule has 2 amide bonds. The maximum Gasteiger partial charge on any atom is 0.323 e. The molecule has 7 nitrogen and oxygen atoms in total. The normalized spacial score (nSPS) is 15.8. The zero-order chi connectivity index (χ0) is 15.5. The van der Waals surface area contributed by atoms with Gasteiger partial charge < -0.3 is 20.2 Å². The van der Waals surface area contributed by atoms with Crippen LogP contribution in [-0.2, 0) is 9.59 Å². The lowest BCUT2D eigenvalue weighted by Gasteiger charge is -2.19. The van der Waals surface area contributed by atoms with E-state index in [1.807, 2.05) is 0 Å². The molecule has 1 saturated heterocycles. The van der Waals surface area contributed by atoms with Crippen molar-refractivity contribution in [3.8, 4) is 0 Å². The first-order chi connectivity index (χ1) is 10.6. The lowest BCUT2D eigenvalue weighted by atomic mass is 10.2. The molecule has 116 valence electrons. The van der Waals surface area contributed by atoms with Crippen molar-refractivity contribution >= 4 is 28.5 Å². The molecule has 0 saturated carbocycles. The third kappa shape index (κ3) is 3.19. The Morgan fingerprint density at radius 1 is 1.14 bits per heavy atom. The first-order valence-corrected chi connectivity index (χ1v) is 7.41. The van der Waals surface area contributed by atoms with Crippen LogP contribution in [0.15, 0.2) is 23.0 Å². The monoisotopic (exact) mass is 302 g/mol. The van der Waals surface area contributed by atoms with E-state index in [2.05, 4.69) is 15.3 Å². The van der Waals surface area contributed by atoms with Gasteiger partial charge in [0.1, 0.15) is 0 Å². The highest BCUT2D eigenvalue weighted by Gasteiger charge is 2.19. The molecular weight excluding hydrogens is 284 g/mol. The van der Waals surface area contributed by atoms with E-state index < -0.39 is 0 Å². The molecular formula is C15H18N4O3. The van der Waals surface area contributed by atoms with Crippen LogP contribution in [0.25, 0.3) is 11.0 Å². The number of hydrogen-bond donors (Lipinski definition) is 3. The number of rotatable bonds is 3. The molecule has 7 heteroatoms. The van der Waals surface area contributed by atoms with Gasteiger partial charge in [-0.1, -0.05) is 6.42 Å². The van der Waals surface area contributed by atoms with Gasteiger partial charge in [0.25, 0.3) is 0 Å². The summed E-state index contributed by atoms with van der Waals surface area (Å²) >= 11 is 0. The van der Waals surface area contributed by atoms with Crippen LogP contribution in [0, 0.1) is 0 Å². The summed E-state index contributed by atoms with van der Waals surface area (Å²) < 4.78 is 0. The maximum absolute atomic E-state index is 12.1. The van der Waals surface area contributed by atoms with Gasteiger partial charge in [-0.25, -0.2) is 4.79 Å². The smallest absolute Gasteiger partial charge is 0.323 e. The SMILES string of the molecule is O=C(CN1CCCCCC1=O)Nc1ccc2[nH]c(=O)[nH]c2c1. The molecule has 2 heterocycles. The van der Waals surface area contributed by atoms with Crippen molar-refractivity contribution in [1.29, 1.82) is 0 Å². The third-order valence-electron chi connectivity index (χ3n) is 3.81. The summed E-state index contributed by atoms with van der Waals surface area (Å²) in [7, 11) is 0. The minimum Gasteiger partial charge on any atom is -0.333 e. The minimum absolute atomic E-state index is 0.0399. The van der Waals surface area contributed by atoms with Gasteiger partial charge in [0.15, 0.2) is 0 Å². The van der Waals surface area contributed by atoms with E-state index in [1.54, 1.807) is 23.1 Å². The molecule has 2 aromatic rings. The topological polar surface area (TPSA) is 98.1 Å². The number of fused-ring (bicyclic) bond motifs is 1. The van der Waals surface area contributed by atoms with Gasteiger partial charge in [-0.2, -0.15) is 0 Å². The Kier molecular flexibility index (Phi) is 3.95. The number of likely N-dealkylation sites (tertiary alicyclic amines) is 1. The Labute approximate surface area is 126 Å². The lowest BCUT2D eigenvalue weighted by Crippen LogP contribution is -2.37. The molecule has 1 aromatic carbocycles. The van der Waals surface area contributed by atoms with Crippen LogP contribution in [0.5, 0.6) is 0 Å². The third-order valence-corrected chi connectivity index (χ3v) is 3.81. The number of aromatic amines is 2. The van der Waals surface area contributed by atoms with Crippen LogP contribution < -0.4 is 11.0 Å². The van der Waals surface area contributed by atoms with Crippen LogP contribution in [0.4, 0.5) is 5.69 Å². The van der Waals surface area contributed by atoms with Crippen LogP contribution in [0.1, 0.15) is 25.7 Å². The van der Waals surface area contributed by atoms with E-state index in [0.717, 1.165) is 19.3 Å². The van der Waals surface area contributed by atoms with Gasteiger partial charge >= 0.3 is 5.69 Å². The zero-order valence-corrected chi connectivity index (χ0v) is 12.1. The molecule has 0 radical (unpaired) electrons. The van der Waals surface area contributed by atoms with Crippen molar-refractivity contribution in [2.75, 3.05) is 18.4 Å². The van der Waals surface area contributed by atoms with Crippen molar-refractivity contribution in [1.82, 2.24) is 14.9 Å². The standard InChI is InChI=1S/C15H18N4O3/c20-13(9-19-7-3-1-2-4-14(19)21)16-10-5-6-11-12(8-10)18-15(22)17-11/h5-6,8H,1-4,7,9H2,(H,16,20)(H2,17,18,22). The van der Waals surface area contributed by atoms with Crippen molar-refractivity contribution in [3.63, 3.8) is 0 Å². The molecule has 0 aliphatic carbocycles. The molecule has 1 aromatic heterocycles. The van der Waals surface area contributed by atoms with Gasteiger partial charge in [0, 0.05) is 18.7 Å². The summed E-state index contributed by atoms with van der Waals surface area (Å²) in [5.41, 5.74) is 1.63. The molecule has 3 rings (SSSR count). The van der Waals surface area contributed by atoms with Crippen LogP contribution >= 0.6 is 0 Å². The van der Waals surface area contributed by atoms with E-state index in [0.29, 0.717) is 29.7 Å². The Morgan fingerprint density at radius 3 is 2.82 bits per heavy atom. The van der Waals surface area contributed by atoms with Gasteiger partial charge in [-0.3, -0.25) is 9.59 Å². The van der Waals surface area contributed by atoms with E-state index in [1.165, 1.54) is 0 Å². The molecule has 1 fully saturated rings. The number of nitrogens with zero attached hydrogens (tertiary/aromatic N) is 1. The summed E-state index contributed by atoms with van der Waals surface area (Å²) in [6.07, 6.45) is 3.38. The van der Waals surface area contributed by atoms with Crippen LogP contribution in [-0.4, -0.2) is 39.8 Å². The Balaban J connectivity index is 1.66. The predicted octanol–water partition coefficient (Wildman–Crippen LogP) is 1.20. The van der Waals surface area contributed by atoms with Gasteiger partial charge in [0.2, 0.25) is 11.8 Å². The number of nitrogens with one attached hydrogen (secondary N) is 3. The minimum atomic E-state index is -0.284. The average molecular weight is 302 g/mol. The number of hydrogen-bond acceptors (Lipinski definition) is 3. The molecule has 0 spiro atoms. The quantitative estimate of drug-likeness (QED) is 0.794. The fraction of sp³-hybridized carbons (Fsp3) is 0.400. The van der Waals surface area contributed by atoms with E-state index >= 15 is 0 Å². The number of benzene rings is 1. The lowest BCUT2D eigenvalue weighted by molar-refractivity contribution is -0.134. The van der Waals surface area contributed by atoms with E-state index in [-0.39, 0.29) is 24.0 Å². The van der Waals surface area contributed by atoms with Crippen LogP contribution in [0.2, 0.25) is 0 Å². The fourth-order valence-electron chi connectivity index (χ4n) is 2.69. The van der Waals surface area contributed by atoms with Gasteiger partial charge in [0.05, 0.1) is 17.6 Å². The van der Waals surface area contributed by atoms with E-state index in [4.69, 9.17) is 0 Å². The number of anilines is 1. The summed E-state index contributed by atoms with van der Waals surface area (Å²) in [4.78, 5) is 42.1. The predicted molar refractivity (Wildman–Crippen MR) is 82.6 cm³/mol. The number of aromatic nitrogens is 2. The molecule has 0 bridgehead atoms. The number of amides is 2. The number of carbonyl (C=O) groups excluding carboxylic acids is 2.